The summed E-state index contributed by atoms with van der Waals surface area (Å²) in [5, 5.41) is 0. The van der Waals surface area contributed by atoms with E-state index in [1.807, 2.05) is 0 Å². The summed E-state index contributed by atoms with van der Waals surface area (Å²) < 4.78 is 0. The van der Waals surface area contributed by atoms with Crippen LogP contribution in [0.4, 0.5) is 0 Å². The van der Waals surface area contributed by atoms with Crippen molar-refractivity contribution in [2.75, 3.05) is 0 Å². The van der Waals surface area contributed by atoms with Crippen molar-refractivity contribution in [2.45, 2.75) is 18.8 Å². The Morgan fingerprint density at radius 3 is 1.92 bits per heavy atom. The summed E-state index contributed by atoms with van der Waals surface area (Å²) in [5.74, 6) is 0.903. The van der Waals surface area contributed by atoms with Gasteiger partial charge in [-0.1, -0.05) is 29.7 Å². The molecule has 0 atom stereocenters. The fourth-order valence-electron chi connectivity index (χ4n) is 1.26. The lowest BCUT2D eigenvalue weighted by Gasteiger charge is -1.96. The van der Waals surface area contributed by atoms with E-state index in [4.69, 9.17) is 0 Å². The van der Waals surface area contributed by atoms with E-state index in [1.54, 1.807) is 0 Å². The maximum Gasteiger partial charge on any atom is 0.139 e. The molecule has 0 radical (unpaired) electrons. The zero-order valence-electron chi connectivity index (χ0n) is 7.30. The van der Waals surface area contributed by atoms with Crippen molar-refractivity contribution in [1.29, 1.82) is 0 Å². The number of benzene rings is 1. The van der Waals surface area contributed by atoms with E-state index in [1.165, 1.54) is 23.9 Å². The van der Waals surface area contributed by atoms with Gasteiger partial charge in [-0.25, -0.2) is 0 Å². The van der Waals surface area contributed by atoms with Gasteiger partial charge in [-0.05, 0) is 24.3 Å². The summed E-state index contributed by atoms with van der Waals surface area (Å²) in [6.45, 7) is 0. The van der Waals surface area contributed by atoms with Gasteiger partial charge >= 0.3 is 0 Å². The van der Waals surface area contributed by atoms with Crippen LogP contribution in [0.2, 0.25) is 0 Å². The fourth-order valence-corrected chi connectivity index (χ4v) is 1.26. The summed E-state index contributed by atoms with van der Waals surface area (Å²) in [7, 11) is 2.14. The molecule has 1 aliphatic rings. The third-order valence-electron chi connectivity index (χ3n) is 2.13. The smallest absolute Gasteiger partial charge is 0.139 e. The molecule has 0 aromatic heterocycles. The second kappa shape index (κ2) is 4.29. The van der Waals surface area contributed by atoms with Crippen molar-refractivity contribution in [3.8, 4) is 0 Å². The van der Waals surface area contributed by atoms with Crippen LogP contribution in [0.3, 0.4) is 0 Å². The predicted octanol–water partition coefficient (Wildman–Crippen LogP) is -0.827. The van der Waals surface area contributed by atoms with Gasteiger partial charge in [0.2, 0.25) is 0 Å². The molecule has 1 aromatic carbocycles. The molecule has 2 nitrogen and oxygen atoms in total. The first-order valence-electron chi connectivity index (χ1n) is 3.93. The number of hydrogen-bond donors (Lipinski definition) is 0. The first-order chi connectivity index (χ1) is 4.86. The Hall–Kier alpha value is -0.795. The summed E-state index contributed by atoms with van der Waals surface area (Å²) in [6.07, 6.45) is 2.81. The highest BCUT2D eigenvalue weighted by Crippen LogP contribution is 2.39. The highest BCUT2D eigenvalue weighted by molar-refractivity contribution is 6.32. The minimum Gasteiger partial charge on any atom is -0.412 e. The quantitative estimate of drug-likeness (QED) is 0.489. The van der Waals surface area contributed by atoms with Crippen molar-refractivity contribution >= 4 is 13.3 Å². The molecule has 1 fully saturated rings. The SMILES string of the molecule is Bc1ccc(C2CC2)cc1.O.O. The first-order valence-corrected chi connectivity index (χ1v) is 3.93. The van der Waals surface area contributed by atoms with E-state index in [0.717, 1.165) is 5.92 Å². The van der Waals surface area contributed by atoms with Gasteiger partial charge in [-0.15, -0.1) is 0 Å². The molecule has 0 amide bonds. The Morgan fingerprint density at radius 1 is 1.00 bits per heavy atom. The van der Waals surface area contributed by atoms with Gasteiger partial charge in [-0.2, -0.15) is 0 Å². The molecule has 66 valence electrons. The topological polar surface area (TPSA) is 63.0 Å². The van der Waals surface area contributed by atoms with Crippen molar-refractivity contribution in [3.05, 3.63) is 29.8 Å². The molecule has 0 saturated heterocycles. The third kappa shape index (κ3) is 2.36. The molecule has 12 heavy (non-hydrogen) atoms. The van der Waals surface area contributed by atoms with Crippen LogP contribution in [0.25, 0.3) is 0 Å². The number of hydrogen-bond acceptors (Lipinski definition) is 0. The van der Waals surface area contributed by atoms with Crippen molar-refractivity contribution in [1.82, 2.24) is 0 Å². The van der Waals surface area contributed by atoms with Gasteiger partial charge in [0.25, 0.3) is 0 Å². The van der Waals surface area contributed by atoms with E-state index in [0.29, 0.717) is 0 Å². The van der Waals surface area contributed by atoms with Crippen LogP contribution in [-0.4, -0.2) is 18.8 Å². The average Bonchev–Trinajstić information content (AvgIpc) is 2.71. The zero-order valence-corrected chi connectivity index (χ0v) is 7.30. The molecule has 1 saturated carbocycles. The molecule has 0 bridgehead atoms. The minimum absolute atomic E-state index is 0. The van der Waals surface area contributed by atoms with E-state index in [9.17, 15) is 0 Å². The maximum absolute atomic E-state index is 2.26. The van der Waals surface area contributed by atoms with Crippen LogP contribution in [-0.2, 0) is 0 Å². The maximum atomic E-state index is 2.26. The summed E-state index contributed by atoms with van der Waals surface area (Å²) in [4.78, 5) is 0. The molecule has 2 rings (SSSR count). The lowest BCUT2D eigenvalue weighted by Crippen LogP contribution is -1.99. The van der Waals surface area contributed by atoms with Gasteiger partial charge in [-0.3, -0.25) is 0 Å². The summed E-state index contributed by atoms with van der Waals surface area (Å²) in [5.41, 5.74) is 2.90. The van der Waals surface area contributed by atoms with Crippen LogP contribution >= 0.6 is 0 Å². The molecule has 3 heteroatoms. The molecule has 0 heterocycles. The Balaban J connectivity index is 0.000000605. The predicted molar refractivity (Wildman–Crippen MR) is 53.8 cm³/mol. The molecule has 0 unspecified atom stereocenters. The largest absolute Gasteiger partial charge is 0.412 e. The Labute approximate surface area is 73.6 Å². The van der Waals surface area contributed by atoms with Gasteiger partial charge in [0.1, 0.15) is 7.85 Å². The third-order valence-corrected chi connectivity index (χ3v) is 2.13. The van der Waals surface area contributed by atoms with Gasteiger partial charge in [0, 0.05) is 0 Å². The summed E-state index contributed by atoms with van der Waals surface area (Å²) >= 11 is 0. The highest BCUT2D eigenvalue weighted by Gasteiger charge is 2.22. The van der Waals surface area contributed by atoms with Crippen molar-refractivity contribution in [2.24, 2.45) is 0 Å². The second-order valence-corrected chi connectivity index (χ2v) is 3.18. The van der Waals surface area contributed by atoms with Crippen LogP contribution in [0.1, 0.15) is 24.3 Å². The Bertz CT molecular complexity index is 229. The van der Waals surface area contributed by atoms with Crippen LogP contribution in [0, 0.1) is 0 Å². The van der Waals surface area contributed by atoms with Gasteiger partial charge in [0.05, 0.1) is 0 Å². The second-order valence-electron chi connectivity index (χ2n) is 3.18. The lowest BCUT2D eigenvalue weighted by molar-refractivity contribution is 0.823. The Morgan fingerprint density at radius 2 is 1.50 bits per heavy atom. The fraction of sp³-hybridized carbons (Fsp3) is 0.333. The van der Waals surface area contributed by atoms with Crippen LogP contribution in [0.15, 0.2) is 24.3 Å². The lowest BCUT2D eigenvalue weighted by atomic mass is 9.94. The molecule has 0 spiro atoms. The summed E-state index contributed by atoms with van der Waals surface area (Å²) in [6, 6.07) is 8.92. The van der Waals surface area contributed by atoms with Crippen LogP contribution in [0.5, 0.6) is 0 Å². The van der Waals surface area contributed by atoms with Gasteiger partial charge < -0.3 is 11.0 Å². The van der Waals surface area contributed by atoms with E-state index in [-0.39, 0.29) is 11.0 Å². The zero-order chi connectivity index (χ0) is 6.97. The normalized spacial score (nSPS) is 14.3. The molecule has 1 aromatic rings. The van der Waals surface area contributed by atoms with Crippen molar-refractivity contribution in [3.63, 3.8) is 0 Å². The van der Waals surface area contributed by atoms with Crippen molar-refractivity contribution < 1.29 is 11.0 Å². The first kappa shape index (κ1) is 11.2. The minimum atomic E-state index is 0. The molecule has 4 N–H and O–H groups in total. The number of rotatable bonds is 1. The van der Waals surface area contributed by atoms with E-state index < -0.39 is 0 Å². The van der Waals surface area contributed by atoms with E-state index in [2.05, 4.69) is 32.1 Å². The van der Waals surface area contributed by atoms with Crippen LogP contribution < -0.4 is 5.46 Å². The molecular weight excluding hydrogens is 151 g/mol. The van der Waals surface area contributed by atoms with Gasteiger partial charge in [0.15, 0.2) is 0 Å². The Kier molecular flexibility index (Phi) is 4.00. The van der Waals surface area contributed by atoms with E-state index >= 15 is 0 Å². The molecule has 0 aliphatic heterocycles. The molecule has 1 aliphatic carbocycles. The highest BCUT2D eigenvalue weighted by atomic mass is 16.0. The molecular formula is C9H15BO2. The standard InChI is InChI=1S/C9H11B.2H2O/c10-9-5-3-8(4-6-9)7-1-2-7;;/h3-7H,1-2,10H2;2*1H2. The average molecular weight is 166 g/mol. The monoisotopic (exact) mass is 166 g/mol.